The van der Waals surface area contributed by atoms with Crippen molar-refractivity contribution < 1.29 is 9.53 Å². The molecule has 98 valence electrons. The summed E-state index contributed by atoms with van der Waals surface area (Å²) in [5.41, 5.74) is 1.50. The van der Waals surface area contributed by atoms with Gasteiger partial charge >= 0.3 is 0 Å². The van der Waals surface area contributed by atoms with E-state index < -0.39 is 5.24 Å². The summed E-state index contributed by atoms with van der Waals surface area (Å²) in [6.45, 7) is 0.458. The minimum absolute atomic E-state index is 0.435. The maximum atomic E-state index is 11.0. The van der Waals surface area contributed by atoms with E-state index in [1.54, 1.807) is 18.2 Å². The Hall–Kier alpha value is -0.840. The zero-order valence-electron chi connectivity index (χ0n) is 9.70. The van der Waals surface area contributed by atoms with Crippen molar-refractivity contribution in [3.05, 3.63) is 62.5 Å². The van der Waals surface area contributed by atoms with Crippen LogP contribution < -0.4 is 4.74 Å². The predicted molar refractivity (Wildman–Crippen MR) is 82.8 cm³/mol. The SMILES string of the molecule is O=C(Cl)c1ccc(OCc2ccc(Br)cc2)c(Br)c1. The molecule has 0 atom stereocenters. The van der Waals surface area contributed by atoms with Crippen LogP contribution >= 0.6 is 43.5 Å². The van der Waals surface area contributed by atoms with Crippen molar-refractivity contribution in [2.24, 2.45) is 0 Å². The van der Waals surface area contributed by atoms with Crippen LogP contribution in [0, 0.1) is 0 Å². The fourth-order valence-corrected chi connectivity index (χ4v) is 2.36. The minimum atomic E-state index is -0.486. The van der Waals surface area contributed by atoms with Gasteiger partial charge in [0.2, 0.25) is 0 Å². The van der Waals surface area contributed by atoms with Gasteiger partial charge < -0.3 is 4.74 Å². The number of ether oxygens (including phenoxy) is 1. The molecule has 2 aromatic carbocycles. The van der Waals surface area contributed by atoms with Gasteiger partial charge in [-0.15, -0.1) is 0 Å². The first-order valence-electron chi connectivity index (χ1n) is 5.43. The normalized spacial score (nSPS) is 10.3. The topological polar surface area (TPSA) is 26.3 Å². The van der Waals surface area contributed by atoms with Gasteiger partial charge in [0.15, 0.2) is 0 Å². The van der Waals surface area contributed by atoms with Crippen LogP contribution in [0.2, 0.25) is 0 Å². The highest BCUT2D eigenvalue weighted by molar-refractivity contribution is 9.10. The lowest BCUT2D eigenvalue weighted by molar-refractivity contribution is 0.108. The van der Waals surface area contributed by atoms with E-state index in [0.29, 0.717) is 22.4 Å². The number of hydrogen-bond donors (Lipinski definition) is 0. The van der Waals surface area contributed by atoms with Crippen LogP contribution in [-0.4, -0.2) is 5.24 Å². The average molecular weight is 404 g/mol. The van der Waals surface area contributed by atoms with E-state index in [0.717, 1.165) is 10.0 Å². The van der Waals surface area contributed by atoms with Crippen LogP contribution in [0.3, 0.4) is 0 Å². The summed E-state index contributed by atoms with van der Waals surface area (Å²) in [5, 5.41) is -0.486. The lowest BCUT2D eigenvalue weighted by atomic mass is 10.2. The van der Waals surface area contributed by atoms with E-state index in [1.165, 1.54) is 0 Å². The van der Waals surface area contributed by atoms with E-state index in [2.05, 4.69) is 31.9 Å². The Bertz CT molecular complexity index is 597. The minimum Gasteiger partial charge on any atom is -0.488 e. The maximum absolute atomic E-state index is 11.0. The second-order valence-corrected chi connectivity index (χ2v) is 5.95. The summed E-state index contributed by atoms with van der Waals surface area (Å²) >= 11 is 12.1. The number of carbonyl (C=O) groups excluding carboxylic acids is 1. The van der Waals surface area contributed by atoms with Gasteiger partial charge in [0, 0.05) is 10.0 Å². The fourth-order valence-electron chi connectivity index (χ4n) is 1.48. The molecule has 2 aromatic rings. The largest absolute Gasteiger partial charge is 0.488 e. The van der Waals surface area contributed by atoms with Gasteiger partial charge in [0.25, 0.3) is 5.24 Å². The van der Waals surface area contributed by atoms with E-state index in [1.807, 2.05) is 24.3 Å². The number of rotatable bonds is 4. The van der Waals surface area contributed by atoms with Crippen molar-refractivity contribution in [1.82, 2.24) is 0 Å². The van der Waals surface area contributed by atoms with Crippen LogP contribution in [0.1, 0.15) is 15.9 Å². The second kappa shape index (κ2) is 6.55. The second-order valence-electron chi connectivity index (χ2n) is 3.83. The lowest BCUT2D eigenvalue weighted by Gasteiger charge is -2.09. The molecule has 0 heterocycles. The highest BCUT2D eigenvalue weighted by Gasteiger charge is 2.07. The van der Waals surface area contributed by atoms with Crippen molar-refractivity contribution in [3.8, 4) is 5.75 Å². The van der Waals surface area contributed by atoms with E-state index in [-0.39, 0.29) is 0 Å². The molecule has 0 spiro atoms. The summed E-state index contributed by atoms with van der Waals surface area (Å²) in [6.07, 6.45) is 0. The molecular formula is C14H9Br2ClO2. The Kier molecular flexibility index (Phi) is 5.02. The van der Waals surface area contributed by atoms with E-state index in [4.69, 9.17) is 16.3 Å². The first-order chi connectivity index (χ1) is 9.06. The molecule has 0 aromatic heterocycles. The molecule has 0 aliphatic heterocycles. The third-order valence-electron chi connectivity index (χ3n) is 2.47. The highest BCUT2D eigenvalue weighted by atomic mass is 79.9. The molecule has 0 N–H and O–H groups in total. The Labute approximate surface area is 133 Å². The van der Waals surface area contributed by atoms with Gasteiger partial charge in [-0.3, -0.25) is 4.79 Å². The van der Waals surface area contributed by atoms with Gasteiger partial charge in [-0.05, 0) is 63.4 Å². The Balaban J connectivity index is 2.07. The van der Waals surface area contributed by atoms with Gasteiger partial charge in [-0.25, -0.2) is 0 Å². The standard InChI is InChI=1S/C14H9Br2ClO2/c15-11-4-1-9(2-5-11)8-19-13-6-3-10(14(17)18)7-12(13)16/h1-7H,8H2. The molecule has 0 saturated heterocycles. The predicted octanol–water partition coefficient (Wildman–Crippen LogP) is 5.17. The van der Waals surface area contributed by atoms with Crippen LogP contribution in [0.5, 0.6) is 5.75 Å². The summed E-state index contributed by atoms with van der Waals surface area (Å²) in [4.78, 5) is 11.0. The molecule has 0 bridgehead atoms. The summed E-state index contributed by atoms with van der Waals surface area (Å²) in [7, 11) is 0. The van der Waals surface area contributed by atoms with Gasteiger partial charge in [-0.1, -0.05) is 28.1 Å². The molecule has 0 aliphatic rings. The van der Waals surface area contributed by atoms with Crippen molar-refractivity contribution in [3.63, 3.8) is 0 Å². The van der Waals surface area contributed by atoms with Gasteiger partial charge in [0.05, 0.1) is 4.47 Å². The summed E-state index contributed by atoms with van der Waals surface area (Å²) < 4.78 is 7.42. The molecule has 5 heteroatoms. The van der Waals surface area contributed by atoms with E-state index >= 15 is 0 Å². The number of carbonyl (C=O) groups is 1. The maximum Gasteiger partial charge on any atom is 0.252 e. The number of halogens is 3. The lowest BCUT2D eigenvalue weighted by Crippen LogP contribution is -1.97. The van der Waals surface area contributed by atoms with Crippen LogP contribution in [-0.2, 0) is 6.61 Å². The highest BCUT2D eigenvalue weighted by Crippen LogP contribution is 2.27. The monoisotopic (exact) mass is 402 g/mol. The molecule has 0 radical (unpaired) electrons. The molecule has 0 amide bonds. The Morgan fingerprint density at radius 2 is 1.79 bits per heavy atom. The summed E-state index contributed by atoms with van der Waals surface area (Å²) in [5.74, 6) is 0.671. The van der Waals surface area contributed by atoms with Crippen molar-refractivity contribution in [2.75, 3.05) is 0 Å². The first-order valence-corrected chi connectivity index (χ1v) is 7.39. The molecule has 2 rings (SSSR count). The van der Waals surface area contributed by atoms with Crippen molar-refractivity contribution in [1.29, 1.82) is 0 Å². The smallest absolute Gasteiger partial charge is 0.252 e. The molecule has 0 unspecified atom stereocenters. The third kappa shape index (κ3) is 4.06. The average Bonchev–Trinajstić information content (AvgIpc) is 2.39. The van der Waals surface area contributed by atoms with Crippen molar-refractivity contribution >= 4 is 48.7 Å². The van der Waals surface area contributed by atoms with E-state index in [9.17, 15) is 4.79 Å². The quantitative estimate of drug-likeness (QED) is 0.657. The fraction of sp³-hybridized carbons (Fsp3) is 0.0714. The molecule has 0 saturated carbocycles. The van der Waals surface area contributed by atoms with Gasteiger partial charge in [0.1, 0.15) is 12.4 Å². The third-order valence-corrected chi connectivity index (χ3v) is 3.83. The van der Waals surface area contributed by atoms with Gasteiger partial charge in [-0.2, -0.15) is 0 Å². The zero-order valence-corrected chi connectivity index (χ0v) is 13.6. The van der Waals surface area contributed by atoms with Crippen LogP contribution in [0.25, 0.3) is 0 Å². The molecule has 19 heavy (non-hydrogen) atoms. The molecular weight excluding hydrogens is 395 g/mol. The Morgan fingerprint density at radius 1 is 1.11 bits per heavy atom. The molecule has 0 fully saturated rings. The molecule has 0 aliphatic carbocycles. The number of hydrogen-bond acceptors (Lipinski definition) is 2. The van der Waals surface area contributed by atoms with Crippen LogP contribution in [0.15, 0.2) is 51.4 Å². The first kappa shape index (κ1) is 14.6. The zero-order chi connectivity index (χ0) is 13.8. The van der Waals surface area contributed by atoms with Crippen molar-refractivity contribution in [2.45, 2.75) is 6.61 Å². The van der Waals surface area contributed by atoms with Crippen LogP contribution in [0.4, 0.5) is 0 Å². The Morgan fingerprint density at radius 3 is 2.37 bits per heavy atom. The molecule has 2 nitrogen and oxygen atoms in total. The summed E-state index contributed by atoms with van der Waals surface area (Å²) in [6, 6.07) is 12.9. The number of benzene rings is 2.